The van der Waals surface area contributed by atoms with Gasteiger partial charge in [0.15, 0.2) is 5.82 Å². The number of hydrogen-bond acceptors (Lipinski definition) is 7. The summed E-state index contributed by atoms with van der Waals surface area (Å²) in [7, 11) is 3.08. The highest BCUT2D eigenvalue weighted by Crippen LogP contribution is 2.28. The average molecular weight is 395 g/mol. The van der Waals surface area contributed by atoms with Crippen molar-refractivity contribution in [2.45, 2.75) is 6.92 Å². The number of carbonyl (C=O) groups is 1. The van der Waals surface area contributed by atoms with Crippen molar-refractivity contribution in [2.24, 2.45) is 0 Å². The van der Waals surface area contributed by atoms with E-state index in [0.717, 1.165) is 21.4 Å². The molecule has 2 aromatic carbocycles. The molecule has 142 valence electrons. The lowest BCUT2D eigenvalue weighted by Gasteiger charge is -2.11. The van der Waals surface area contributed by atoms with Crippen molar-refractivity contribution >= 4 is 27.9 Å². The van der Waals surface area contributed by atoms with E-state index in [1.165, 1.54) is 18.4 Å². The number of benzene rings is 2. The van der Waals surface area contributed by atoms with Crippen LogP contribution >= 0.6 is 11.3 Å². The molecule has 2 aromatic heterocycles. The Morgan fingerprint density at radius 3 is 2.54 bits per heavy atom. The van der Waals surface area contributed by atoms with Crippen molar-refractivity contribution in [3.8, 4) is 22.1 Å². The maximum atomic E-state index is 12.6. The first kappa shape index (κ1) is 17.9. The van der Waals surface area contributed by atoms with Crippen LogP contribution in [0.3, 0.4) is 0 Å². The van der Waals surface area contributed by atoms with E-state index in [0.29, 0.717) is 22.7 Å². The molecule has 0 atom stereocenters. The Morgan fingerprint density at radius 1 is 1.07 bits per heavy atom. The molecule has 0 spiro atoms. The van der Waals surface area contributed by atoms with Crippen LogP contribution in [0.5, 0.6) is 11.5 Å². The van der Waals surface area contributed by atoms with Crippen LogP contribution in [0.1, 0.15) is 16.2 Å². The third-order valence-electron chi connectivity index (χ3n) is 4.19. The molecule has 0 bridgehead atoms. The van der Waals surface area contributed by atoms with Gasteiger partial charge in [0, 0.05) is 17.3 Å². The minimum atomic E-state index is -0.262. The van der Waals surface area contributed by atoms with Crippen molar-refractivity contribution < 1.29 is 14.3 Å². The summed E-state index contributed by atoms with van der Waals surface area (Å²) >= 11 is 1.46. The number of methoxy groups -OCH3 is 2. The summed E-state index contributed by atoms with van der Waals surface area (Å²) in [6.07, 6.45) is 0. The van der Waals surface area contributed by atoms with Gasteiger partial charge in [0.1, 0.15) is 16.5 Å². The molecule has 0 saturated heterocycles. The molecule has 0 unspecified atom stereocenters. The van der Waals surface area contributed by atoms with E-state index in [-0.39, 0.29) is 5.91 Å². The smallest absolute Gasteiger partial charge is 0.259 e. The minimum absolute atomic E-state index is 0.262. The fraction of sp³-hybridized carbons (Fsp3) is 0.158. The summed E-state index contributed by atoms with van der Waals surface area (Å²) in [5.74, 6) is 1.55. The average Bonchev–Trinajstić information content (AvgIpc) is 3.30. The Hall–Kier alpha value is -3.46. The Kier molecular flexibility index (Phi) is 4.66. The van der Waals surface area contributed by atoms with Crippen molar-refractivity contribution in [3.63, 3.8) is 0 Å². The topological polar surface area (TPSA) is 90.6 Å². The molecular weight excluding hydrogens is 378 g/mol. The Balaban J connectivity index is 1.53. The van der Waals surface area contributed by atoms with E-state index in [4.69, 9.17) is 9.47 Å². The van der Waals surface area contributed by atoms with Crippen LogP contribution < -0.4 is 14.8 Å². The Morgan fingerprint density at radius 2 is 1.86 bits per heavy atom. The fourth-order valence-corrected chi connectivity index (χ4v) is 3.60. The number of nitrogens with one attached hydrogen (secondary N) is 1. The summed E-state index contributed by atoms with van der Waals surface area (Å²) in [4.78, 5) is 13.4. The second kappa shape index (κ2) is 7.28. The number of fused-ring (bicyclic) bond motifs is 1. The summed E-state index contributed by atoms with van der Waals surface area (Å²) in [5, 5.41) is 16.3. The lowest BCUT2D eigenvalue weighted by molar-refractivity contribution is 0.102. The highest BCUT2D eigenvalue weighted by molar-refractivity contribution is 7.19. The van der Waals surface area contributed by atoms with Gasteiger partial charge < -0.3 is 14.8 Å². The molecule has 1 amide bonds. The van der Waals surface area contributed by atoms with E-state index >= 15 is 0 Å². The fourth-order valence-electron chi connectivity index (χ4n) is 2.71. The molecule has 8 nitrogen and oxygen atoms in total. The van der Waals surface area contributed by atoms with Crippen LogP contribution in [0.4, 0.5) is 5.69 Å². The van der Waals surface area contributed by atoms with E-state index in [1.54, 1.807) is 29.8 Å². The van der Waals surface area contributed by atoms with E-state index in [2.05, 4.69) is 20.6 Å². The van der Waals surface area contributed by atoms with Crippen LogP contribution in [0.15, 0.2) is 42.5 Å². The predicted octanol–water partition coefficient (Wildman–Crippen LogP) is 3.43. The predicted molar refractivity (Wildman–Crippen MR) is 106 cm³/mol. The van der Waals surface area contributed by atoms with Gasteiger partial charge in [-0.3, -0.25) is 4.79 Å². The molecule has 0 aliphatic heterocycles. The number of aromatic nitrogens is 4. The van der Waals surface area contributed by atoms with Gasteiger partial charge in [-0.2, -0.15) is 9.61 Å². The first-order valence-electron chi connectivity index (χ1n) is 8.41. The number of rotatable bonds is 5. The summed E-state index contributed by atoms with van der Waals surface area (Å²) in [5.41, 5.74) is 2.04. The first-order valence-corrected chi connectivity index (χ1v) is 9.23. The van der Waals surface area contributed by atoms with E-state index in [9.17, 15) is 4.79 Å². The standard InChI is InChI=1S/C19H17N5O3S/c1-11-21-22-19-24(11)23-18(28-19)12-4-6-13(7-5-12)20-17(25)15-9-8-14(26-2)10-16(15)27-3/h4-10H,1-3H3,(H,20,25). The molecule has 0 aliphatic carbocycles. The highest BCUT2D eigenvalue weighted by atomic mass is 32.1. The molecule has 0 fully saturated rings. The van der Waals surface area contributed by atoms with Crippen molar-refractivity contribution in [2.75, 3.05) is 19.5 Å². The molecule has 2 heterocycles. The van der Waals surface area contributed by atoms with E-state index < -0.39 is 0 Å². The van der Waals surface area contributed by atoms with E-state index in [1.807, 2.05) is 31.2 Å². The number of nitrogens with zero attached hydrogens (tertiary/aromatic N) is 4. The molecular formula is C19H17N5O3S. The van der Waals surface area contributed by atoms with Crippen LogP contribution in [-0.4, -0.2) is 39.9 Å². The number of carbonyl (C=O) groups excluding carboxylic acids is 1. The number of ether oxygens (including phenoxy) is 2. The second-order valence-corrected chi connectivity index (χ2v) is 6.90. The maximum absolute atomic E-state index is 12.6. The lowest BCUT2D eigenvalue weighted by Crippen LogP contribution is -2.13. The van der Waals surface area contributed by atoms with Gasteiger partial charge in [-0.1, -0.05) is 11.3 Å². The monoisotopic (exact) mass is 395 g/mol. The maximum Gasteiger partial charge on any atom is 0.259 e. The largest absolute Gasteiger partial charge is 0.497 e. The van der Waals surface area contributed by atoms with Crippen molar-refractivity contribution in [1.82, 2.24) is 19.8 Å². The van der Waals surface area contributed by atoms with Crippen molar-refractivity contribution in [1.29, 1.82) is 0 Å². The normalized spacial score (nSPS) is 10.8. The van der Waals surface area contributed by atoms with Crippen LogP contribution in [0, 0.1) is 6.92 Å². The van der Waals surface area contributed by atoms with Crippen molar-refractivity contribution in [3.05, 3.63) is 53.9 Å². The van der Waals surface area contributed by atoms with Crippen LogP contribution in [0.25, 0.3) is 15.5 Å². The second-order valence-electron chi connectivity index (χ2n) is 5.95. The van der Waals surface area contributed by atoms with Gasteiger partial charge in [-0.15, -0.1) is 10.2 Å². The molecule has 28 heavy (non-hydrogen) atoms. The molecule has 4 rings (SSSR count). The number of anilines is 1. The summed E-state index contributed by atoms with van der Waals surface area (Å²) in [6, 6.07) is 12.5. The SMILES string of the molecule is COc1ccc(C(=O)Nc2ccc(-c3nn4c(C)nnc4s3)cc2)c(OC)c1. The molecule has 4 aromatic rings. The quantitative estimate of drug-likeness (QED) is 0.557. The highest BCUT2D eigenvalue weighted by Gasteiger charge is 2.14. The number of amides is 1. The zero-order valence-corrected chi connectivity index (χ0v) is 16.3. The first-order chi connectivity index (χ1) is 13.6. The number of hydrogen-bond donors (Lipinski definition) is 1. The summed E-state index contributed by atoms with van der Waals surface area (Å²) < 4.78 is 12.2. The van der Waals surface area contributed by atoms with Gasteiger partial charge in [0.2, 0.25) is 4.96 Å². The lowest BCUT2D eigenvalue weighted by atomic mass is 10.1. The molecule has 0 radical (unpaired) electrons. The van der Waals surface area contributed by atoms with Crippen LogP contribution in [0.2, 0.25) is 0 Å². The molecule has 0 aliphatic rings. The Bertz CT molecular complexity index is 1150. The molecule has 9 heteroatoms. The van der Waals surface area contributed by atoms with Crippen LogP contribution in [-0.2, 0) is 0 Å². The molecule has 1 N–H and O–H groups in total. The minimum Gasteiger partial charge on any atom is -0.497 e. The third kappa shape index (κ3) is 3.27. The van der Waals surface area contributed by atoms with Gasteiger partial charge in [0.25, 0.3) is 5.91 Å². The Labute approximate surface area is 164 Å². The zero-order valence-electron chi connectivity index (χ0n) is 15.5. The summed E-state index contributed by atoms with van der Waals surface area (Å²) in [6.45, 7) is 1.86. The van der Waals surface area contributed by atoms with Gasteiger partial charge in [0.05, 0.1) is 19.8 Å². The van der Waals surface area contributed by atoms with Gasteiger partial charge in [-0.25, -0.2) is 0 Å². The van der Waals surface area contributed by atoms with Gasteiger partial charge >= 0.3 is 0 Å². The number of aryl methyl sites for hydroxylation is 1. The molecule has 0 saturated carbocycles. The third-order valence-corrected chi connectivity index (χ3v) is 5.14. The zero-order chi connectivity index (χ0) is 19.7. The van der Waals surface area contributed by atoms with Gasteiger partial charge in [-0.05, 0) is 43.3 Å².